The van der Waals surface area contributed by atoms with Gasteiger partial charge in [-0.15, -0.1) is 0 Å². The van der Waals surface area contributed by atoms with E-state index >= 15 is 0 Å². The molecule has 0 saturated carbocycles. The third-order valence-corrected chi connectivity index (χ3v) is 11.9. The highest BCUT2D eigenvalue weighted by Crippen LogP contribution is 2.44. The third-order valence-electron chi connectivity index (χ3n) is 11.9. The maximum absolute atomic E-state index is 6.60. The van der Waals surface area contributed by atoms with Crippen molar-refractivity contribution in [2.24, 2.45) is 0 Å². The molecule has 0 aliphatic rings. The Labute approximate surface area is 325 Å². The van der Waals surface area contributed by atoms with Gasteiger partial charge in [0, 0.05) is 60.5 Å². The van der Waals surface area contributed by atoms with Gasteiger partial charge in [0.25, 0.3) is 0 Å². The van der Waals surface area contributed by atoms with Gasteiger partial charge in [0.1, 0.15) is 5.58 Å². The lowest BCUT2D eigenvalue weighted by Gasteiger charge is -2.12. The molecule has 0 radical (unpaired) electrons. The first-order valence-corrected chi connectivity index (χ1v) is 19.3. The molecule has 5 heteroatoms. The van der Waals surface area contributed by atoms with E-state index in [0.717, 1.165) is 77.2 Å². The lowest BCUT2D eigenvalue weighted by atomic mass is 9.98. The smallest absolute Gasteiger partial charge is 0.159 e. The molecule has 4 heterocycles. The first kappa shape index (κ1) is 30.6. The van der Waals surface area contributed by atoms with Crippen molar-refractivity contribution in [1.29, 1.82) is 0 Å². The number of hydrogen-bond acceptors (Lipinski definition) is 3. The van der Waals surface area contributed by atoms with Crippen LogP contribution < -0.4 is 0 Å². The van der Waals surface area contributed by atoms with Crippen LogP contribution in [0.3, 0.4) is 0 Å². The molecule has 4 aromatic heterocycles. The first-order chi connectivity index (χ1) is 28.3. The van der Waals surface area contributed by atoms with Crippen molar-refractivity contribution < 1.29 is 4.42 Å². The van der Waals surface area contributed by atoms with Crippen molar-refractivity contribution in [3.8, 4) is 22.8 Å². The van der Waals surface area contributed by atoms with E-state index in [0.29, 0.717) is 5.82 Å². The van der Waals surface area contributed by atoms with Crippen molar-refractivity contribution in [1.82, 2.24) is 19.1 Å². The molecule has 0 aliphatic carbocycles. The molecule has 0 N–H and O–H groups in total. The van der Waals surface area contributed by atoms with Gasteiger partial charge in [-0.2, -0.15) is 0 Å². The molecule has 0 unspecified atom stereocenters. The SMILES string of the molecule is c1cc(-c2ncc3c4ccccc4c4ccccc4c3n2)cc(-n2c3ccccc3c3c4c5ccccc5n(-c5cccc6c5oc5ccccc56)c4ccc32)c1. The molecule has 0 amide bonds. The molecular formula is C52H30N4O. The van der Waals surface area contributed by atoms with Crippen LogP contribution in [-0.4, -0.2) is 19.1 Å². The van der Waals surface area contributed by atoms with Crippen LogP contribution >= 0.6 is 0 Å². The summed E-state index contributed by atoms with van der Waals surface area (Å²) in [5, 5.41) is 12.9. The summed E-state index contributed by atoms with van der Waals surface area (Å²) in [5.74, 6) is 0.704. The summed E-state index contributed by atoms with van der Waals surface area (Å²) in [7, 11) is 0. The lowest BCUT2D eigenvalue weighted by molar-refractivity contribution is 0.666. The van der Waals surface area contributed by atoms with E-state index < -0.39 is 0 Å². The summed E-state index contributed by atoms with van der Waals surface area (Å²) < 4.78 is 11.4. The standard InChI is InChI=1S/C52H30N4O/c1-2-17-35-33(15-1)34-16-3-4-19-37(34)50-41(35)30-53-52(54-50)31-13-11-14-32(29-31)55-42-23-8-5-20-39(42)48-44(55)27-28-45-49(48)40-21-6-9-24-43(40)56(45)46-25-12-22-38-36-18-7-10-26-47(36)57-51(38)46/h1-30H. The average Bonchev–Trinajstić information content (AvgIpc) is 3.94. The third kappa shape index (κ3) is 4.17. The number of nitrogens with zero attached hydrogens (tertiary/aromatic N) is 4. The van der Waals surface area contributed by atoms with E-state index in [2.05, 4.69) is 173 Å². The number of para-hydroxylation sites is 4. The first-order valence-electron chi connectivity index (χ1n) is 19.3. The molecule has 57 heavy (non-hydrogen) atoms. The summed E-state index contributed by atoms with van der Waals surface area (Å²) in [4.78, 5) is 10.3. The van der Waals surface area contributed by atoms with Crippen LogP contribution in [0.5, 0.6) is 0 Å². The molecule has 0 aliphatic heterocycles. The monoisotopic (exact) mass is 726 g/mol. The van der Waals surface area contributed by atoms with Gasteiger partial charge < -0.3 is 13.6 Å². The van der Waals surface area contributed by atoms with Crippen LogP contribution in [0.25, 0.3) is 121 Å². The number of benzene rings is 9. The predicted molar refractivity (Wildman–Crippen MR) is 236 cm³/mol. The average molecular weight is 727 g/mol. The molecule has 0 saturated heterocycles. The number of fused-ring (bicyclic) bond motifs is 16. The quantitative estimate of drug-likeness (QED) is 0.170. The Morgan fingerprint density at radius 3 is 1.72 bits per heavy atom. The second-order valence-corrected chi connectivity index (χ2v) is 14.9. The zero-order valence-electron chi connectivity index (χ0n) is 30.5. The fourth-order valence-corrected chi connectivity index (χ4v) is 9.55. The van der Waals surface area contributed by atoms with Crippen molar-refractivity contribution >= 4 is 98.0 Å². The summed E-state index contributed by atoms with van der Waals surface area (Å²) in [6, 6.07) is 62.6. The van der Waals surface area contributed by atoms with Crippen LogP contribution in [0.2, 0.25) is 0 Å². The van der Waals surface area contributed by atoms with Crippen molar-refractivity contribution in [2.45, 2.75) is 0 Å². The highest BCUT2D eigenvalue weighted by Gasteiger charge is 2.22. The van der Waals surface area contributed by atoms with Crippen molar-refractivity contribution in [3.63, 3.8) is 0 Å². The Morgan fingerprint density at radius 1 is 0.404 bits per heavy atom. The van der Waals surface area contributed by atoms with Gasteiger partial charge in [-0.05, 0) is 64.7 Å². The van der Waals surface area contributed by atoms with Gasteiger partial charge >= 0.3 is 0 Å². The van der Waals surface area contributed by atoms with E-state index in [9.17, 15) is 0 Å². The molecule has 0 atom stereocenters. The Balaban J connectivity index is 1.06. The number of rotatable bonds is 3. The molecular weight excluding hydrogens is 697 g/mol. The largest absolute Gasteiger partial charge is 0.454 e. The normalized spacial score (nSPS) is 12.2. The number of hydrogen-bond donors (Lipinski definition) is 0. The summed E-state index contributed by atoms with van der Waals surface area (Å²) in [6.45, 7) is 0. The minimum atomic E-state index is 0.704. The van der Waals surface area contributed by atoms with E-state index in [1.807, 2.05) is 18.3 Å². The van der Waals surface area contributed by atoms with E-state index in [-0.39, 0.29) is 0 Å². The molecule has 0 fully saturated rings. The molecule has 9 aromatic carbocycles. The van der Waals surface area contributed by atoms with Gasteiger partial charge in [-0.1, -0.05) is 127 Å². The fraction of sp³-hybridized carbons (Fsp3) is 0. The minimum Gasteiger partial charge on any atom is -0.454 e. The Morgan fingerprint density at radius 2 is 0.965 bits per heavy atom. The van der Waals surface area contributed by atoms with Gasteiger partial charge in [-0.3, -0.25) is 0 Å². The Hall–Kier alpha value is -7.76. The van der Waals surface area contributed by atoms with Crippen molar-refractivity contribution in [3.05, 3.63) is 182 Å². The fourth-order valence-electron chi connectivity index (χ4n) is 9.55. The van der Waals surface area contributed by atoms with Crippen LogP contribution in [0, 0.1) is 0 Å². The molecule has 264 valence electrons. The topological polar surface area (TPSA) is 48.8 Å². The lowest BCUT2D eigenvalue weighted by Crippen LogP contribution is -1.97. The number of aromatic nitrogens is 4. The second-order valence-electron chi connectivity index (χ2n) is 14.9. The van der Waals surface area contributed by atoms with E-state index in [1.165, 1.54) is 37.7 Å². The molecule has 13 rings (SSSR count). The second kappa shape index (κ2) is 11.4. The zero-order valence-corrected chi connectivity index (χ0v) is 30.5. The van der Waals surface area contributed by atoms with Crippen LogP contribution in [0.15, 0.2) is 187 Å². The summed E-state index contributed by atoms with van der Waals surface area (Å²) in [5.41, 5.74) is 10.4. The van der Waals surface area contributed by atoms with Gasteiger partial charge in [-0.25, -0.2) is 9.97 Å². The Bertz CT molecular complexity index is 3790. The van der Waals surface area contributed by atoms with Gasteiger partial charge in [0.05, 0.1) is 33.3 Å². The van der Waals surface area contributed by atoms with Crippen LogP contribution in [0.4, 0.5) is 0 Å². The van der Waals surface area contributed by atoms with Crippen LogP contribution in [0.1, 0.15) is 0 Å². The number of furan rings is 1. The summed E-state index contributed by atoms with van der Waals surface area (Å²) >= 11 is 0. The maximum Gasteiger partial charge on any atom is 0.159 e. The highest BCUT2D eigenvalue weighted by molar-refractivity contribution is 6.29. The zero-order chi connectivity index (χ0) is 37.2. The van der Waals surface area contributed by atoms with E-state index in [4.69, 9.17) is 14.4 Å². The molecule has 5 nitrogen and oxygen atoms in total. The van der Waals surface area contributed by atoms with Gasteiger partial charge in [0.15, 0.2) is 11.4 Å². The highest BCUT2D eigenvalue weighted by atomic mass is 16.3. The van der Waals surface area contributed by atoms with E-state index in [1.54, 1.807) is 0 Å². The molecule has 0 bridgehead atoms. The maximum atomic E-state index is 6.60. The van der Waals surface area contributed by atoms with Gasteiger partial charge in [0.2, 0.25) is 0 Å². The molecule has 0 spiro atoms. The minimum absolute atomic E-state index is 0.704. The van der Waals surface area contributed by atoms with Crippen LogP contribution in [-0.2, 0) is 0 Å². The Kier molecular flexibility index (Phi) is 6.10. The van der Waals surface area contributed by atoms with Crippen molar-refractivity contribution in [2.75, 3.05) is 0 Å². The molecule has 13 aromatic rings. The predicted octanol–water partition coefficient (Wildman–Crippen LogP) is 13.7. The summed E-state index contributed by atoms with van der Waals surface area (Å²) in [6.07, 6.45) is 2.00.